The third kappa shape index (κ3) is 5.46. The lowest BCUT2D eigenvalue weighted by Crippen LogP contribution is -2.35. The zero-order valence-corrected chi connectivity index (χ0v) is 18.9. The van der Waals surface area contributed by atoms with Crippen LogP contribution in [0, 0.1) is 12.8 Å². The van der Waals surface area contributed by atoms with Gasteiger partial charge in [0, 0.05) is 17.8 Å². The average molecular weight is 441 g/mol. The maximum atomic E-state index is 6.15. The first-order chi connectivity index (χ1) is 16.2. The van der Waals surface area contributed by atoms with Gasteiger partial charge >= 0.3 is 0 Å². The lowest BCUT2D eigenvalue weighted by molar-refractivity contribution is 0.137. The molecule has 6 heteroatoms. The molecule has 0 radical (unpaired) electrons. The number of nitrogens with zero attached hydrogens (tertiary/aromatic N) is 4. The number of hydrogen-bond acceptors (Lipinski definition) is 6. The number of aromatic nitrogens is 3. The molecule has 3 heterocycles. The molecule has 0 N–H and O–H groups in total. The van der Waals surface area contributed by atoms with Crippen molar-refractivity contribution in [3.05, 3.63) is 84.1 Å². The Labute approximate surface area is 194 Å². The average Bonchev–Trinajstić information content (AvgIpc) is 3.35. The molecule has 0 saturated carbocycles. The van der Waals surface area contributed by atoms with Crippen LogP contribution in [0.2, 0.25) is 0 Å². The Morgan fingerprint density at radius 3 is 2.58 bits per heavy atom. The van der Waals surface area contributed by atoms with E-state index in [0.29, 0.717) is 23.3 Å². The van der Waals surface area contributed by atoms with Crippen molar-refractivity contribution in [1.82, 2.24) is 20.0 Å². The summed E-state index contributed by atoms with van der Waals surface area (Å²) in [4.78, 5) is 11.5. The fourth-order valence-electron chi connectivity index (χ4n) is 4.20. The molecule has 0 bridgehead atoms. The van der Waals surface area contributed by atoms with Crippen molar-refractivity contribution in [3.63, 3.8) is 0 Å². The number of piperidine rings is 1. The van der Waals surface area contributed by atoms with E-state index in [-0.39, 0.29) is 0 Å². The highest BCUT2D eigenvalue weighted by molar-refractivity contribution is 5.59. The molecule has 0 unspecified atom stereocenters. The van der Waals surface area contributed by atoms with E-state index in [1.807, 2.05) is 49.4 Å². The molecular weight excluding hydrogens is 412 g/mol. The van der Waals surface area contributed by atoms with Crippen molar-refractivity contribution >= 4 is 0 Å². The van der Waals surface area contributed by atoms with Crippen LogP contribution in [0.25, 0.3) is 23.0 Å². The third-order valence-corrected chi connectivity index (χ3v) is 6.07. The summed E-state index contributed by atoms with van der Waals surface area (Å²) >= 11 is 0. The lowest BCUT2D eigenvalue weighted by Gasteiger charge is -2.31. The molecule has 1 saturated heterocycles. The number of pyridine rings is 1. The fraction of sp³-hybridized carbons (Fsp3) is 0.296. The largest absolute Gasteiger partial charge is 0.493 e. The Morgan fingerprint density at radius 2 is 1.76 bits per heavy atom. The van der Waals surface area contributed by atoms with Gasteiger partial charge < -0.3 is 9.26 Å². The molecule has 1 aliphatic rings. The van der Waals surface area contributed by atoms with Crippen molar-refractivity contribution in [1.29, 1.82) is 0 Å². The normalized spacial score (nSPS) is 14.9. The second-order valence-corrected chi connectivity index (χ2v) is 8.63. The predicted octanol–water partition coefficient (Wildman–Crippen LogP) is 5.40. The Kier molecular flexibility index (Phi) is 6.44. The number of ether oxygens (including phenoxy) is 1. The molecule has 6 nitrogen and oxygen atoms in total. The summed E-state index contributed by atoms with van der Waals surface area (Å²) in [6.07, 6.45) is 2.31. The van der Waals surface area contributed by atoms with Crippen molar-refractivity contribution in [2.75, 3.05) is 19.7 Å². The minimum Gasteiger partial charge on any atom is -0.493 e. The minimum absolute atomic E-state index is 0.466. The molecule has 0 spiro atoms. The summed E-state index contributed by atoms with van der Waals surface area (Å²) in [7, 11) is 0. The van der Waals surface area contributed by atoms with Gasteiger partial charge in [-0.05, 0) is 74.7 Å². The second kappa shape index (κ2) is 9.96. The molecule has 2 aromatic heterocycles. The SMILES string of the molecule is Cc1cccc(-c2noc(-c3cccc(OCC4CCN(Cc5ccccc5)CC4)c3)n2)n1. The summed E-state index contributed by atoms with van der Waals surface area (Å²) < 4.78 is 11.6. The summed E-state index contributed by atoms with van der Waals surface area (Å²) in [6.45, 7) is 5.92. The molecule has 33 heavy (non-hydrogen) atoms. The zero-order valence-electron chi connectivity index (χ0n) is 18.9. The highest BCUT2D eigenvalue weighted by Crippen LogP contribution is 2.26. The van der Waals surface area contributed by atoms with E-state index in [1.165, 1.54) is 5.56 Å². The van der Waals surface area contributed by atoms with Gasteiger partial charge in [0.25, 0.3) is 5.89 Å². The highest BCUT2D eigenvalue weighted by atomic mass is 16.5. The summed E-state index contributed by atoms with van der Waals surface area (Å²) in [5.74, 6) is 2.35. The van der Waals surface area contributed by atoms with Gasteiger partial charge in [-0.1, -0.05) is 47.6 Å². The fourth-order valence-corrected chi connectivity index (χ4v) is 4.20. The van der Waals surface area contributed by atoms with Crippen LogP contribution in [0.5, 0.6) is 5.75 Å². The molecule has 4 aromatic rings. The number of rotatable bonds is 7. The Hall–Kier alpha value is -3.51. The van der Waals surface area contributed by atoms with Crippen LogP contribution < -0.4 is 4.74 Å². The molecule has 2 aromatic carbocycles. The van der Waals surface area contributed by atoms with Crippen LogP contribution in [0.3, 0.4) is 0 Å². The van der Waals surface area contributed by atoms with Gasteiger partial charge in [-0.3, -0.25) is 4.90 Å². The smallest absolute Gasteiger partial charge is 0.258 e. The van der Waals surface area contributed by atoms with Gasteiger partial charge in [-0.15, -0.1) is 0 Å². The molecule has 5 rings (SSSR count). The molecule has 0 atom stereocenters. The number of aryl methyl sites for hydroxylation is 1. The number of benzene rings is 2. The standard InChI is InChI=1S/C27H28N4O2/c1-20-7-5-12-25(28-20)26-29-27(33-30-26)23-10-6-11-24(17-23)32-19-22-13-15-31(16-14-22)18-21-8-3-2-4-9-21/h2-12,17,22H,13-16,18-19H2,1H3. The quantitative estimate of drug-likeness (QED) is 0.383. The van der Waals surface area contributed by atoms with Crippen LogP contribution in [0.4, 0.5) is 0 Å². The van der Waals surface area contributed by atoms with Crippen molar-refractivity contribution in [2.24, 2.45) is 5.92 Å². The van der Waals surface area contributed by atoms with E-state index in [9.17, 15) is 0 Å². The zero-order chi connectivity index (χ0) is 22.5. The Morgan fingerprint density at radius 1 is 0.939 bits per heavy atom. The first-order valence-corrected chi connectivity index (χ1v) is 11.5. The monoisotopic (exact) mass is 440 g/mol. The highest BCUT2D eigenvalue weighted by Gasteiger charge is 2.20. The summed E-state index contributed by atoms with van der Waals surface area (Å²) in [5.41, 5.74) is 3.85. The summed E-state index contributed by atoms with van der Waals surface area (Å²) in [5, 5.41) is 4.10. The van der Waals surface area contributed by atoms with E-state index >= 15 is 0 Å². The first kappa shape index (κ1) is 21.3. The molecule has 0 amide bonds. The van der Waals surface area contributed by atoms with Gasteiger partial charge in [-0.2, -0.15) is 4.98 Å². The molecule has 1 fully saturated rings. The molecule has 0 aliphatic carbocycles. The van der Waals surface area contributed by atoms with Crippen molar-refractivity contribution in [3.8, 4) is 28.7 Å². The maximum Gasteiger partial charge on any atom is 0.258 e. The summed E-state index contributed by atoms with van der Waals surface area (Å²) in [6, 6.07) is 24.3. The van der Waals surface area contributed by atoms with Crippen LogP contribution in [0.1, 0.15) is 24.1 Å². The van der Waals surface area contributed by atoms with Crippen LogP contribution >= 0.6 is 0 Å². The van der Waals surface area contributed by atoms with E-state index in [4.69, 9.17) is 9.26 Å². The van der Waals surface area contributed by atoms with Gasteiger partial charge in [0.05, 0.1) is 6.61 Å². The van der Waals surface area contributed by atoms with E-state index in [2.05, 4.69) is 50.4 Å². The molecule has 168 valence electrons. The van der Waals surface area contributed by atoms with E-state index in [0.717, 1.165) is 56.1 Å². The third-order valence-electron chi connectivity index (χ3n) is 6.07. The maximum absolute atomic E-state index is 6.15. The van der Waals surface area contributed by atoms with E-state index in [1.54, 1.807) is 0 Å². The minimum atomic E-state index is 0.466. The van der Waals surface area contributed by atoms with E-state index < -0.39 is 0 Å². The topological polar surface area (TPSA) is 64.3 Å². The number of hydrogen-bond donors (Lipinski definition) is 0. The van der Waals surface area contributed by atoms with Crippen LogP contribution in [0.15, 0.2) is 77.3 Å². The van der Waals surface area contributed by atoms with Crippen molar-refractivity contribution in [2.45, 2.75) is 26.3 Å². The lowest BCUT2D eigenvalue weighted by atomic mass is 9.97. The van der Waals surface area contributed by atoms with Crippen LogP contribution in [-0.2, 0) is 6.54 Å². The Bertz CT molecular complexity index is 1180. The first-order valence-electron chi connectivity index (χ1n) is 11.5. The van der Waals surface area contributed by atoms with Gasteiger partial charge in [-0.25, -0.2) is 4.98 Å². The molecule has 1 aliphatic heterocycles. The van der Waals surface area contributed by atoms with Gasteiger partial charge in [0.2, 0.25) is 5.82 Å². The second-order valence-electron chi connectivity index (χ2n) is 8.63. The van der Waals surface area contributed by atoms with Gasteiger partial charge in [0.15, 0.2) is 0 Å². The van der Waals surface area contributed by atoms with Gasteiger partial charge in [0.1, 0.15) is 11.4 Å². The molecular formula is C27H28N4O2. The Balaban J connectivity index is 1.16. The van der Waals surface area contributed by atoms with Crippen LogP contribution in [-0.4, -0.2) is 39.7 Å². The number of likely N-dealkylation sites (tertiary alicyclic amines) is 1. The van der Waals surface area contributed by atoms with Crippen molar-refractivity contribution < 1.29 is 9.26 Å². The predicted molar refractivity (Wildman–Crippen MR) is 128 cm³/mol.